The van der Waals surface area contributed by atoms with Crippen LogP contribution in [0, 0.1) is 11.7 Å². The van der Waals surface area contributed by atoms with Gasteiger partial charge in [0.1, 0.15) is 5.82 Å². The van der Waals surface area contributed by atoms with E-state index in [2.05, 4.69) is 10.2 Å². The van der Waals surface area contributed by atoms with E-state index in [0.717, 1.165) is 30.9 Å². The van der Waals surface area contributed by atoms with Crippen LogP contribution >= 0.6 is 48.0 Å². The topological polar surface area (TPSA) is 15.3 Å². The molecule has 1 N–H and O–H groups in total. The Balaban J connectivity index is 0.00000144. The third kappa shape index (κ3) is 5.40. The Labute approximate surface area is 164 Å². The molecule has 0 saturated carbocycles. The molecule has 2 aromatic carbocycles. The normalized spacial score (nSPS) is 13.5. The lowest BCUT2D eigenvalue weighted by atomic mass is 10.0. The Hall–Kier alpha value is -0.710. The van der Waals surface area contributed by atoms with Gasteiger partial charge in [-0.2, -0.15) is 0 Å². The predicted molar refractivity (Wildman–Crippen MR) is 105 cm³/mol. The van der Waals surface area contributed by atoms with Gasteiger partial charge in [-0.3, -0.25) is 0 Å². The van der Waals surface area contributed by atoms with Crippen LogP contribution < -0.4 is 10.2 Å². The largest absolute Gasteiger partial charge is 0.367 e. The standard InChI is InChI=1S/C17H17Cl2FN2.2ClH/c18-14-2-1-3-15(7-14)22(11-13-8-21-9-13)10-12-4-5-17(20)16(19)6-12;;/h1-7,13,21H,8-11H2;2*1H. The summed E-state index contributed by atoms with van der Waals surface area (Å²) in [5, 5.41) is 4.16. The molecule has 0 aromatic heterocycles. The van der Waals surface area contributed by atoms with Gasteiger partial charge in [-0.05, 0) is 35.9 Å². The summed E-state index contributed by atoms with van der Waals surface area (Å²) >= 11 is 12.0. The zero-order valence-corrected chi connectivity index (χ0v) is 16.0. The quantitative estimate of drug-likeness (QED) is 0.726. The summed E-state index contributed by atoms with van der Waals surface area (Å²) in [5.41, 5.74) is 2.05. The second-order valence-corrected chi connectivity index (χ2v) is 6.48. The van der Waals surface area contributed by atoms with E-state index in [4.69, 9.17) is 23.2 Å². The maximum atomic E-state index is 13.3. The Kier molecular flexibility index (Phi) is 8.61. The maximum absolute atomic E-state index is 13.3. The molecule has 1 fully saturated rings. The molecule has 2 nitrogen and oxygen atoms in total. The summed E-state index contributed by atoms with van der Waals surface area (Å²) in [5.74, 6) is 0.234. The van der Waals surface area contributed by atoms with Crippen molar-refractivity contribution in [2.45, 2.75) is 6.54 Å². The van der Waals surface area contributed by atoms with Crippen molar-refractivity contribution in [2.24, 2.45) is 5.92 Å². The van der Waals surface area contributed by atoms with Gasteiger partial charge < -0.3 is 10.2 Å². The molecule has 0 unspecified atom stereocenters. The van der Waals surface area contributed by atoms with E-state index in [1.165, 1.54) is 6.07 Å². The second-order valence-electron chi connectivity index (χ2n) is 5.63. The molecule has 0 radical (unpaired) electrons. The van der Waals surface area contributed by atoms with Crippen molar-refractivity contribution in [2.75, 3.05) is 24.5 Å². The molecule has 0 spiro atoms. The summed E-state index contributed by atoms with van der Waals surface area (Å²) in [7, 11) is 0. The average molecular weight is 412 g/mol. The minimum Gasteiger partial charge on any atom is -0.367 e. The Morgan fingerprint density at radius 1 is 1.08 bits per heavy atom. The van der Waals surface area contributed by atoms with Crippen LogP contribution in [0.5, 0.6) is 0 Å². The van der Waals surface area contributed by atoms with E-state index in [1.54, 1.807) is 12.1 Å². The smallest absolute Gasteiger partial charge is 0.141 e. The van der Waals surface area contributed by atoms with Gasteiger partial charge in [0.05, 0.1) is 5.02 Å². The highest BCUT2D eigenvalue weighted by atomic mass is 35.5. The molecule has 1 aliphatic rings. The van der Waals surface area contributed by atoms with Gasteiger partial charge in [-0.25, -0.2) is 4.39 Å². The van der Waals surface area contributed by atoms with Crippen LogP contribution in [0.4, 0.5) is 10.1 Å². The number of benzene rings is 2. The number of halogens is 5. The lowest BCUT2D eigenvalue weighted by Crippen LogP contribution is -2.48. The molecule has 1 heterocycles. The summed E-state index contributed by atoms with van der Waals surface area (Å²) in [6.07, 6.45) is 0. The molecule has 1 aliphatic heterocycles. The van der Waals surface area contributed by atoms with E-state index in [9.17, 15) is 4.39 Å². The van der Waals surface area contributed by atoms with Gasteiger partial charge in [0.2, 0.25) is 0 Å². The molecule has 7 heteroatoms. The molecule has 132 valence electrons. The van der Waals surface area contributed by atoms with Crippen molar-refractivity contribution < 1.29 is 4.39 Å². The summed E-state index contributed by atoms with van der Waals surface area (Å²) < 4.78 is 13.3. The van der Waals surface area contributed by atoms with Crippen molar-refractivity contribution >= 4 is 53.7 Å². The number of nitrogens with zero attached hydrogens (tertiary/aromatic N) is 1. The highest BCUT2D eigenvalue weighted by Gasteiger charge is 2.21. The fourth-order valence-corrected chi connectivity index (χ4v) is 2.97. The fourth-order valence-electron chi connectivity index (χ4n) is 2.58. The van der Waals surface area contributed by atoms with Crippen LogP contribution in [0.2, 0.25) is 10.0 Å². The van der Waals surface area contributed by atoms with Gasteiger partial charge in [0, 0.05) is 42.8 Å². The van der Waals surface area contributed by atoms with Gasteiger partial charge >= 0.3 is 0 Å². The summed E-state index contributed by atoms with van der Waals surface area (Å²) in [6.45, 7) is 3.67. The van der Waals surface area contributed by atoms with E-state index in [-0.39, 0.29) is 35.7 Å². The van der Waals surface area contributed by atoms with E-state index >= 15 is 0 Å². The molecule has 0 amide bonds. The number of hydrogen-bond acceptors (Lipinski definition) is 2. The molecule has 3 rings (SSSR count). The third-order valence-electron chi connectivity index (χ3n) is 3.88. The zero-order valence-electron chi connectivity index (χ0n) is 12.8. The first-order valence-corrected chi connectivity index (χ1v) is 8.02. The van der Waals surface area contributed by atoms with Gasteiger partial charge in [0.15, 0.2) is 0 Å². The van der Waals surface area contributed by atoms with Gasteiger partial charge in [-0.15, -0.1) is 24.8 Å². The molecule has 24 heavy (non-hydrogen) atoms. The zero-order chi connectivity index (χ0) is 15.5. The molecule has 2 aromatic rings. The number of nitrogens with one attached hydrogen (secondary N) is 1. The lowest BCUT2D eigenvalue weighted by Gasteiger charge is -2.34. The number of anilines is 1. The minimum absolute atomic E-state index is 0. The Morgan fingerprint density at radius 2 is 1.83 bits per heavy atom. The summed E-state index contributed by atoms with van der Waals surface area (Å²) in [4.78, 5) is 2.26. The van der Waals surface area contributed by atoms with Crippen LogP contribution in [0.3, 0.4) is 0 Å². The highest BCUT2D eigenvalue weighted by molar-refractivity contribution is 6.31. The van der Waals surface area contributed by atoms with E-state index < -0.39 is 0 Å². The van der Waals surface area contributed by atoms with Crippen LogP contribution in [0.1, 0.15) is 5.56 Å². The molecule has 0 aliphatic carbocycles. The van der Waals surface area contributed by atoms with Crippen molar-refractivity contribution in [3.63, 3.8) is 0 Å². The number of hydrogen-bond donors (Lipinski definition) is 1. The molecule has 0 atom stereocenters. The van der Waals surface area contributed by atoms with E-state index in [1.807, 2.05) is 24.3 Å². The SMILES string of the molecule is Cl.Cl.Fc1ccc(CN(CC2CNC2)c2cccc(Cl)c2)cc1Cl. The minimum atomic E-state index is -0.386. The molecule has 1 saturated heterocycles. The predicted octanol–water partition coefficient (Wildman–Crippen LogP) is 5.20. The van der Waals surface area contributed by atoms with Crippen molar-refractivity contribution in [3.05, 3.63) is 63.9 Å². The van der Waals surface area contributed by atoms with Crippen molar-refractivity contribution in [3.8, 4) is 0 Å². The fraction of sp³-hybridized carbons (Fsp3) is 0.294. The second kappa shape index (κ2) is 9.69. The van der Waals surface area contributed by atoms with Gasteiger partial charge in [0.25, 0.3) is 0 Å². The first-order valence-electron chi connectivity index (χ1n) is 7.27. The Bertz CT molecular complexity index is 665. The van der Waals surface area contributed by atoms with Crippen molar-refractivity contribution in [1.82, 2.24) is 5.32 Å². The molecular formula is C17H19Cl4FN2. The average Bonchev–Trinajstić information content (AvgIpc) is 2.45. The van der Waals surface area contributed by atoms with Crippen LogP contribution in [-0.4, -0.2) is 19.6 Å². The maximum Gasteiger partial charge on any atom is 0.141 e. The molecule has 0 bridgehead atoms. The summed E-state index contributed by atoms with van der Waals surface area (Å²) in [6, 6.07) is 12.7. The van der Waals surface area contributed by atoms with E-state index in [0.29, 0.717) is 17.5 Å². The molecular weight excluding hydrogens is 393 g/mol. The van der Waals surface area contributed by atoms with Gasteiger partial charge in [-0.1, -0.05) is 35.3 Å². The van der Waals surface area contributed by atoms with Crippen LogP contribution in [0.15, 0.2) is 42.5 Å². The van der Waals surface area contributed by atoms with Crippen LogP contribution in [-0.2, 0) is 6.54 Å². The Morgan fingerprint density at radius 3 is 2.42 bits per heavy atom. The van der Waals surface area contributed by atoms with Crippen LogP contribution in [0.25, 0.3) is 0 Å². The highest BCUT2D eigenvalue weighted by Crippen LogP contribution is 2.25. The lowest BCUT2D eigenvalue weighted by molar-refractivity contribution is 0.348. The monoisotopic (exact) mass is 410 g/mol. The first-order chi connectivity index (χ1) is 10.6. The third-order valence-corrected chi connectivity index (χ3v) is 4.40. The van der Waals surface area contributed by atoms with Crippen molar-refractivity contribution in [1.29, 1.82) is 0 Å². The first kappa shape index (κ1) is 21.3. The number of rotatable bonds is 5.